The second-order valence-corrected chi connectivity index (χ2v) is 14.1. The molecule has 2 fully saturated rings. The predicted molar refractivity (Wildman–Crippen MR) is 210 cm³/mol. The third-order valence-electron chi connectivity index (χ3n) is 9.75. The Labute approximate surface area is 342 Å². The van der Waals surface area contributed by atoms with Crippen molar-refractivity contribution in [1.29, 1.82) is 5.26 Å². The second-order valence-electron chi connectivity index (χ2n) is 14.1. The minimum atomic E-state index is -1.45. The lowest BCUT2D eigenvalue weighted by Crippen LogP contribution is -2.54. The van der Waals surface area contributed by atoms with Gasteiger partial charge in [-0.2, -0.15) is 15.0 Å². The van der Waals surface area contributed by atoms with Gasteiger partial charge in [0.25, 0.3) is 17.7 Å². The summed E-state index contributed by atoms with van der Waals surface area (Å²) in [7, 11) is 0. The Hall–Kier alpha value is -6.40. The lowest BCUT2D eigenvalue weighted by molar-refractivity contribution is -0.136. The van der Waals surface area contributed by atoms with E-state index in [0.717, 1.165) is 17.7 Å². The summed E-state index contributed by atoms with van der Waals surface area (Å²) in [5, 5.41) is 25.4. The first-order valence-electron chi connectivity index (χ1n) is 19.5. The molecule has 2 unspecified atom stereocenters. The summed E-state index contributed by atoms with van der Waals surface area (Å²) in [5.41, 5.74) is 2.55. The van der Waals surface area contributed by atoms with E-state index in [2.05, 4.69) is 42.4 Å². The van der Waals surface area contributed by atoms with Crippen molar-refractivity contribution < 1.29 is 47.3 Å². The Bertz CT molecular complexity index is 2290. The van der Waals surface area contributed by atoms with Crippen LogP contribution in [-0.4, -0.2) is 138 Å². The molecule has 3 aromatic heterocycles. The molecule has 314 valence electrons. The maximum absolute atomic E-state index is 14.6. The SMILES string of the molecule is N#Cc1cnc2c(cnn2-c2cc(NC3CC3)c(C(=O)NCC(F)COCCOCCOCCOCCNc3cccc4c3C(=O)N(C3CCC(=O)NC3=O)C4=O)cn2)c1. The molecule has 7 rings (SSSR count). The largest absolute Gasteiger partial charge is 0.382 e. The average Bonchev–Trinajstić information content (AvgIpc) is 3.91. The first kappa shape index (κ1) is 41.7. The van der Waals surface area contributed by atoms with Gasteiger partial charge in [0, 0.05) is 48.5 Å². The van der Waals surface area contributed by atoms with Gasteiger partial charge in [0.2, 0.25) is 11.8 Å². The van der Waals surface area contributed by atoms with Crippen LogP contribution in [0.1, 0.15) is 62.3 Å². The number of benzene rings is 1. The highest BCUT2D eigenvalue weighted by atomic mass is 19.1. The molecule has 5 heterocycles. The number of nitriles is 1. The van der Waals surface area contributed by atoms with Crippen molar-refractivity contribution in [1.82, 2.24) is 35.3 Å². The number of anilines is 2. The van der Waals surface area contributed by atoms with E-state index < -0.39 is 41.7 Å². The Balaban J connectivity index is 0.727. The number of ether oxygens (including phenoxy) is 4. The van der Waals surface area contributed by atoms with E-state index in [1.807, 2.05) is 0 Å². The van der Waals surface area contributed by atoms with Crippen LogP contribution in [0.15, 0.2) is 48.9 Å². The lowest BCUT2D eigenvalue weighted by Gasteiger charge is -2.27. The van der Waals surface area contributed by atoms with Crippen molar-refractivity contribution in [2.75, 3.05) is 76.6 Å². The zero-order valence-electron chi connectivity index (χ0n) is 32.5. The molecular weight excluding hydrogens is 783 g/mol. The van der Waals surface area contributed by atoms with Crippen LogP contribution >= 0.6 is 0 Å². The molecule has 0 spiro atoms. The molecule has 1 saturated carbocycles. The molecule has 1 saturated heterocycles. The van der Waals surface area contributed by atoms with Crippen LogP contribution in [0.3, 0.4) is 0 Å². The van der Waals surface area contributed by atoms with Crippen LogP contribution < -0.4 is 21.3 Å². The number of halogens is 1. The van der Waals surface area contributed by atoms with Crippen LogP contribution in [0.25, 0.3) is 16.9 Å². The molecule has 0 radical (unpaired) electrons. The standard InChI is InChI=1S/C40H43FN10O9/c41-26(21-46-37(53)29-22-44-33(17-31(29)48-27-4-5-27)51-36-25(20-47-51)16-24(18-42)19-45-36)23-60-15-14-59-13-12-58-11-10-57-9-8-43-30-3-1-2-28-35(30)40(56)50(39(28)55)32-6-7-34(52)49-38(32)54/h1-3,16-17,19-20,22,26-27,32,43H,4-15,21,23H2,(H,44,48)(H,46,53)(H,49,52,54). The van der Waals surface area contributed by atoms with Crippen molar-refractivity contribution in [3.05, 3.63) is 71.2 Å². The Morgan fingerprint density at radius 3 is 2.40 bits per heavy atom. The van der Waals surface area contributed by atoms with Gasteiger partial charge in [-0.15, -0.1) is 0 Å². The molecule has 5 amide bonds. The number of imide groups is 2. The summed E-state index contributed by atoms with van der Waals surface area (Å²) in [6.07, 6.45) is 5.06. The average molecular weight is 827 g/mol. The van der Waals surface area contributed by atoms with Crippen molar-refractivity contribution in [3.8, 4) is 11.9 Å². The molecular formula is C40H43FN10O9. The number of piperidine rings is 1. The normalized spacial score (nSPS) is 16.7. The van der Waals surface area contributed by atoms with E-state index >= 15 is 0 Å². The summed E-state index contributed by atoms with van der Waals surface area (Å²) in [4.78, 5) is 72.8. The van der Waals surface area contributed by atoms with E-state index in [0.29, 0.717) is 66.8 Å². The van der Waals surface area contributed by atoms with Crippen molar-refractivity contribution in [3.63, 3.8) is 0 Å². The fourth-order valence-electron chi connectivity index (χ4n) is 6.61. The number of carbonyl (C=O) groups is 5. The molecule has 0 bridgehead atoms. The monoisotopic (exact) mass is 826 g/mol. The van der Waals surface area contributed by atoms with Crippen LogP contribution in [0, 0.1) is 11.3 Å². The highest BCUT2D eigenvalue weighted by Gasteiger charge is 2.45. The van der Waals surface area contributed by atoms with E-state index in [9.17, 15) is 28.4 Å². The van der Waals surface area contributed by atoms with Crippen LogP contribution in [0.2, 0.25) is 0 Å². The van der Waals surface area contributed by atoms with Gasteiger partial charge in [-0.05, 0) is 37.5 Å². The van der Waals surface area contributed by atoms with Gasteiger partial charge >= 0.3 is 0 Å². The summed E-state index contributed by atoms with van der Waals surface area (Å²) in [5.74, 6) is -2.31. The quantitative estimate of drug-likeness (QED) is 0.0654. The van der Waals surface area contributed by atoms with Crippen LogP contribution in [-0.2, 0) is 28.5 Å². The fourth-order valence-corrected chi connectivity index (χ4v) is 6.61. The number of alkyl halides is 1. The van der Waals surface area contributed by atoms with Gasteiger partial charge in [0.05, 0.1) is 93.5 Å². The summed E-state index contributed by atoms with van der Waals surface area (Å²) in [6, 6.07) is 9.47. The number of fused-ring (bicyclic) bond motifs is 2. The lowest BCUT2D eigenvalue weighted by atomic mass is 10.0. The van der Waals surface area contributed by atoms with Gasteiger partial charge in [0.1, 0.15) is 18.3 Å². The fraction of sp³-hybridized carbons (Fsp3) is 0.425. The minimum Gasteiger partial charge on any atom is -0.382 e. The van der Waals surface area contributed by atoms with E-state index in [1.165, 1.54) is 23.1 Å². The zero-order chi connectivity index (χ0) is 42.0. The molecule has 1 aliphatic carbocycles. The number of hydrogen-bond donors (Lipinski definition) is 4. The molecule has 4 N–H and O–H groups in total. The third kappa shape index (κ3) is 10.1. The van der Waals surface area contributed by atoms with E-state index in [4.69, 9.17) is 24.2 Å². The first-order chi connectivity index (χ1) is 29.2. The molecule has 3 aliphatic rings. The molecule has 1 aromatic carbocycles. The number of hydrogen-bond acceptors (Lipinski definition) is 15. The number of amides is 5. The maximum atomic E-state index is 14.6. The number of rotatable bonds is 22. The minimum absolute atomic E-state index is 0.0445. The van der Waals surface area contributed by atoms with Gasteiger partial charge in [0.15, 0.2) is 11.5 Å². The number of aromatic nitrogens is 4. The van der Waals surface area contributed by atoms with Gasteiger partial charge in [-0.25, -0.2) is 14.4 Å². The Kier molecular flexibility index (Phi) is 13.6. The molecule has 4 aromatic rings. The summed E-state index contributed by atoms with van der Waals surface area (Å²) >= 11 is 0. The second kappa shape index (κ2) is 19.6. The Morgan fingerprint density at radius 1 is 0.917 bits per heavy atom. The van der Waals surface area contributed by atoms with Crippen molar-refractivity contribution >= 4 is 51.9 Å². The van der Waals surface area contributed by atoms with E-state index in [1.54, 1.807) is 30.5 Å². The molecule has 20 heteroatoms. The highest BCUT2D eigenvalue weighted by molar-refractivity contribution is 6.25. The van der Waals surface area contributed by atoms with Crippen LogP contribution in [0.5, 0.6) is 0 Å². The van der Waals surface area contributed by atoms with Crippen LogP contribution in [0.4, 0.5) is 15.8 Å². The van der Waals surface area contributed by atoms with Crippen molar-refractivity contribution in [2.45, 2.75) is 43.9 Å². The maximum Gasteiger partial charge on any atom is 0.264 e. The van der Waals surface area contributed by atoms with Gasteiger partial charge < -0.3 is 34.9 Å². The molecule has 60 heavy (non-hydrogen) atoms. The van der Waals surface area contributed by atoms with Gasteiger partial charge in [-0.3, -0.25) is 34.2 Å². The molecule has 2 atom stereocenters. The van der Waals surface area contributed by atoms with Crippen molar-refractivity contribution in [2.24, 2.45) is 0 Å². The number of carbonyl (C=O) groups excluding carboxylic acids is 5. The number of nitrogens with zero attached hydrogens (tertiary/aromatic N) is 6. The number of nitrogens with one attached hydrogen (secondary N) is 4. The summed E-state index contributed by atoms with van der Waals surface area (Å²) < 4.78 is 38.1. The highest BCUT2D eigenvalue weighted by Crippen LogP contribution is 2.32. The topological polar surface area (TPSA) is 241 Å². The predicted octanol–water partition coefficient (Wildman–Crippen LogP) is 1.91. The summed E-state index contributed by atoms with van der Waals surface area (Å²) in [6.45, 7) is 1.73. The Morgan fingerprint density at radius 2 is 1.67 bits per heavy atom. The smallest absolute Gasteiger partial charge is 0.264 e. The first-order valence-corrected chi connectivity index (χ1v) is 19.5. The zero-order valence-corrected chi connectivity index (χ0v) is 32.5. The third-order valence-corrected chi connectivity index (χ3v) is 9.75. The van der Waals surface area contributed by atoms with E-state index in [-0.39, 0.29) is 68.5 Å². The number of pyridine rings is 2. The molecule has 19 nitrogen and oxygen atoms in total. The molecule has 2 aliphatic heterocycles. The van der Waals surface area contributed by atoms with Gasteiger partial charge in [-0.1, -0.05) is 6.07 Å².